The summed E-state index contributed by atoms with van der Waals surface area (Å²) in [7, 11) is 0. The summed E-state index contributed by atoms with van der Waals surface area (Å²) in [4.78, 5) is 11.6. The van der Waals surface area contributed by atoms with E-state index < -0.39 is 0 Å². The Bertz CT molecular complexity index is 334. The van der Waals surface area contributed by atoms with Crippen LogP contribution in [0, 0.1) is 6.92 Å². The zero-order valence-corrected chi connectivity index (χ0v) is 9.67. The van der Waals surface area contributed by atoms with E-state index in [-0.39, 0.29) is 12.4 Å². The fraction of sp³-hybridized carbons (Fsp3) is 0.364. The molecule has 0 aliphatic rings. The molecule has 1 aromatic carbocycles. The molecule has 0 aliphatic heterocycles. The first-order valence-corrected chi connectivity index (χ1v) is 5.34. The molecule has 2 nitrogen and oxygen atoms in total. The van der Waals surface area contributed by atoms with Gasteiger partial charge in [-0.1, -0.05) is 22.0 Å². The van der Waals surface area contributed by atoms with Gasteiger partial charge in [-0.25, -0.2) is 0 Å². The topological polar surface area (TPSA) is 37.3 Å². The molecular weight excluding hydrogens is 244 g/mol. The van der Waals surface area contributed by atoms with Crippen molar-refractivity contribution in [1.82, 2.24) is 0 Å². The summed E-state index contributed by atoms with van der Waals surface area (Å²) in [5.74, 6) is 0.0952. The molecule has 0 aromatic heterocycles. The number of ketones is 1. The lowest BCUT2D eigenvalue weighted by Gasteiger charge is -2.04. The number of carbonyl (C=O) groups excluding carboxylic acids is 1. The summed E-state index contributed by atoms with van der Waals surface area (Å²) in [5.41, 5.74) is 1.73. The van der Waals surface area contributed by atoms with Gasteiger partial charge in [-0.2, -0.15) is 0 Å². The maximum atomic E-state index is 11.6. The van der Waals surface area contributed by atoms with Crippen LogP contribution < -0.4 is 0 Å². The molecule has 76 valence electrons. The average Bonchev–Trinajstić information content (AvgIpc) is 2.18. The van der Waals surface area contributed by atoms with Crippen LogP contribution in [0.1, 0.15) is 28.8 Å². The predicted octanol–water partition coefficient (Wildman–Crippen LogP) is 2.71. The van der Waals surface area contributed by atoms with Crippen molar-refractivity contribution in [1.29, 1.82) is 0 Å². The second kappa shape index (κ2) is 5.27. The smallest absolute Gasteiger partial charge is 0.163 e. The number of hydrogen-bond acceptors (Lipinski definition) is 2. The highest BCUT2D eigenvalue weighted by Crippen LogP contribution is 2.17. The van der Waals surface area contributed by atoms with Crippen molar-refractivity contribution in [2.24, 2.45) is 0 Å². The monoisotopic (exact) mass is 256 g/mol. The highest BCUT2D eigenvalue weighted by molar-refractivity contribution is 9.10. The van der Waals surface area contributed by atoms with Crippen LogP contribution in [0.3, 0.4) is 0 Å². The number of rotatable bonds is 4. The first kappa shape index (κ1) is 11.4. The summed E-state index contributed by atoms with van der Waals surface area (Å²) in [6.45, 7) is 1.98. The first-order valence-electron chi connectivity index (χ1n) is 4.55. The van der Waals surface area contributed by atoms with Crippen LogP contribution in [0.25, 0.3) is 0 Å². The fourth-order valence-corrected chi connectivity index (χ4v) is 1.63. The van der Waals surface area contributed by atoms with Crippen molar-refractivity contribution < 1.29 is 9.90 Å². The van der Waals surface area contributed by atoms with E-state index in [0.717, 1.165) is 15.6 Å². The van der Waals surface area contributed by atoms with E-state index in [1.165, 1.54) is 0 Å². The van der Waals surface area contributed by atoms with E-state index in [0.29, 0.717) is 12.8 Å². The first-order chi connectivity index (χ1) is 6.65. The number of hydrogen-bond donors (Lipinski definition) is 1. The normalized spacial score (nSPS) is 10.2. The fourth-order valence-electron chi connectivity index (χ4n) is 1.27. The molecule has 0 aliphatic carbocycles. The standard InChI is InChI=1S/C11H13BrO2/c1-8-4-5-9(12)7-10(8)11(14)3-2-6-13/h4-5,7,13H,2-3,6H2,1H3. The van der Waals surface area contributed by atoms with Crippen LogP contribution in [-0.2, 0) is 0 Å². The van der Waals surface area contributed by atoms with E-state index in [1.807, 2.05) is 25.1 Å². The summed E-state index contributed by atoms with van der Waals surface area (Å²) in [6.07, 6.45) is 0.943. The average molecular weight is 257 g/mol. The molecule has 0 saturated heterocycles. The molecule has 3 heteroatoms. The molecule has 0 atom stereocenters. The van der Waals surface area contributed by atoms with Gasteiger partial charge < -0.3 is 5.11 Å². The van der Waals surface area contributed by atoms with E-state index >= 15 is 0 Å². The van der Waals surface area contributed by atoms with Gasteiger partial charge in [0, 0.05) is 23.1 Å². The number of aryl methyl sites for hydroxylation is 1. The van der Waals surface area contributed by atoms with Crippen molar-refractivity contribution in [3.05, 3.63) is 33.8 Å². The van der Waals surface area contributed by atoms with Gasteiger partial charge in [0.15, 0.2) is 5.78 Å². The number of carbonyl (C=O) groups is 1. The Morgan fingerprint density at radius 3 is 2.86 bits per heavy atom. The molecule has 0 fully saturated rings. The lowest BCUT2D eigenvalue weighted by molar-refractivity contribution is 0.0970. The number of Topliss-reactive ketones (excluding diaryl/α,β-unsaturated/α-hetero) is 1. The van der Waals surface area contributed by atoms with Gasteiger partial charge >= 0.3 is 0 Å². The Balaban J connectivity index is 2.83. The molecule has 0 heterocycles. The van der Waals surface area contributed by atoms with Crippen LogP contribution in [0.5, 0.6) is 0 Å². The molecule has 1 rings (SSSR count). The zero-order chi connectivity index (χ0) is 10.6. The van der Waals surface area contributed by atoms with Gasteiger partial charge in [-0.15, -0.1) is 0 Å². The molecule has 0 radical (unpaired) electrons. The van der Waals surface area contributed by atoms with Crippen molar-refractivity contribution in [3.8, 4) is 0 Å². The second-order valence-electron chi connectivity index (χ2n) is 3.21. The van der Waals surface area contributed by atoms with Crippen LogP contribution in [0.2, 0.25) is 0 Å². The third kappa shape index (κ3) is 2.93. The van der Waals surface area contributed by atoms with Gasteiger partial charge in [0.05, 0.1) is 0 Å². The predicted molar refractivity (Wildman–Crippen MR) is 59.5 cm³/mol. The van der Waals surface area contributed by atoms with E-state index in [4.69, 9.17) is 5.11 Å². The molecule has 0 saturated carbocycles. The number of halogens is 1. The van der Waals surface area contributed by atoms with E-state index in [2.05, 4.69) is 15.9 Å². The lowest BCUT2D eigenvalue weighted by atomic mass is 10.0. The number of aliphatic hydroxyl groups is 1. The molecule has 14 heavy (non-hydrogen) atoms. The van der Waals surface area contributed by atoms with E-state index in [1.54, 1.807) is 0 Å². The van der Waals surface area contributed by atoms with Crippen molar-refractivity contribution in [2.75, 3.05) is 6.61 Å². The third-order valence-electron chi connectivity index (χ3n) is 2.06. The Kier molecular flexibility index (Phi) is 4.29. The van der Waals surface area contributed by atoms with Gasteiger partial charge in [0.25, 0.3) is 0 Å². The SMILES string of the molecule is Cc1ccc(Br)cc1C(=O)CCCO. The van der Waals surface area contributed by atoms with Crippen LogP contribution in [0.4, 0.5) is 0 Å². The largest absolute Gasteiger partial charge is 0.396 e. The van der Waals surface area contributed by atoms with Crippen molar-refractivity contribution >= 4 is 21.7 Å². The van der Waals surface area contributed by atoms with Crippen LogP contribution in [0.15, 0.2) is 22.7 Å². The second-order valence-corrected chi connectivity index (χ2v) is 4.13. The molecule has 0 bridgehead atoms. The summed E-state index contributed by atoms with van der Waals surface area (Å²) in [6, 6.07) is 5.66. The third-order valence-corrected chi connectivity index (χ3v) is 2.56. The minimum absolute atomic E-state index is 0.0682. The molecule has 0 spiro atoms. The van der Waals surface area contributed by atoms with Crippen LogP contribution >= 0.6 is 15.9 Å². The van der Waals surface area contributed by atoms with Gasteiger partial charge in [-0.05, 0) is 31.0 Å². The Morgan fingerprint density at radius 1 is 1.50 bits per heavy atom. The quantitative estimate of drug-likeness (QED) is 0.842. The summed E-state index contributed by atoms with van der Waals surface area (Å²) in [5, 5.41) is 8.62. The maximum absolute atomic E-state index is 11.6. The minimum Gasteiger partial charge on any atom is -0.396 e. The summed E-state index contributed by atoms with van der Waals surface area (Å²) < 4.78 is 0.912. The minimum atomic E-state index is 0.0682. The Hall–Kier alpha value is -0.670. The molecule has 0 amide bonds. The lowest BCUT2D eigenvalue weighted by Crippen LogP contribution is -2.02. The zero-order valence-electron chi connectivity index (χ0n) is 8.09. The van der Waals surface area contributed by atoms with E-state index in [9.17, 15) is 4.79 Å². The number of benzene rings is 1. The highest BCUT2D eigenvalue weighted by atomic mass is 79.9. The molecule has 1 N–H and O–H groups in total. The number of aliphatic hydroxyl groups excluding tert-OH is 1. The van der Waals surface area contributed by atoms with Gasteiger partial charge in [0.1, 0.15) is 0 Å². The maximum Gasteiger partial charge on any atom is 0.163 e. The van der Waals surface area contributed by atoms with Gasteiger partial charge in [0.2, 0.25) is 0 Å². The highest BCUT2D eigenvalue weighted by Gasteiger charge is 2.08. The van der Waals surface area contributed by atoms with Crippen molar-refractivity contribution in [2.45, 2.75) is 19.8 Å². The van der Waals surface area contributed by atoms with Crippen molar-refractivity contribution in [3.63, 3.8) is 0 Å². The molecular formula is C11H13BrO2. The van der Waals surface area contributed by atoms with Crippen LogP contribution in [-0.4, -0.2) is 17.5 Å². The molecule has 0 unspecified atom stereocenters. The Labute approximate surface area is 92.1 Å². The van der Waals surface area contributed by atoms with Gasteiger partial charge in [-0.3, -0.25) is 4.79 Å². The molecule has 1 aromatic rings. The summed E-state index contributed by atoms with van der Waals surface area (Å²) >= 11 is 3.33. The Morgan fingerprint density at radius 2 is 2.21 bits per heavy atom.